The number of benzene rings is 1. The van der Waals surface area contributed by atoms with Gasteiger partial charge in [-0.2, -0.15) is 0 Å². The largest absolute Gasteiger partial charge is 0.507 e. The molecule has 0 amide bonds. The summed E-state index contributed by atoms with van der Waals surface area (Å²) in [6, 6.07) is 5.69. The van der Waals surface area contributed by atoms with Crippen LogP contribution in [0.4, 0.5) is 11.4 Å². The van der Waals surface area contributed by atoms with Crippen molar-refractivity contribution in [1.82, 2.24) is 0 Å². The Hall–Kier alpha value is -2.96. The quantitative estimate of drug-likeness (QED) is 0.288. The average Bonchev–Trinajstić information content (AvgIpc) is 2.45. The van der Waals surface area contributed by atoms with Gasteiger partial charge in [0.1, 0.15) is 11.3 Å². The monoisotopic (exact) mass is 330 g/mol. The highest BCUT2D eigenvalue weighted by molar-refractivity contribution is 6.22. The smallest absolute Gasteiger partial charge is 0.269 e. The molecule has 0 bridgehead atoms. The maximum atomic E-state index is 12.0. The molecule has 1 fully saturated rings. The van der Waals surface area contributed by atoms with Crippen molar-refractivity contribution >= 4 is 22.9 Å². The molecule has 0 atom stereocenters. The zero-order valence-corrected chi connectivity index (χ0v) is 13.4. The Bertz CT molecular complexity index is 723. The first-order chi connectivity index (χ1) is 11.2. The van der Waals surface area contributed by atoms with Gasteiger partial charge in [-0.3, -0.25) is 19.7 Å². The molecule has 0 saturated heterocycles. The molecule has 0 radical (unpaired) electrons. The van der Waals surface area contributed by atoms with Crippen LogP contribution in [-0.2, 0) is 9.59 Å². The lowest BCUT2D eigenvalue weighted by atomic mass is 9.74. The Labute approximate surface area is 138 Å². The standard InChI is InChI=1S/C17H18N2O5/c1-17(2)9-14(21)16(15(22)10-17)13(20)7-8-18-11-3-5-12(6-4-11)19(23)24/h3-8,18,20H,9-10H2,1-2H3/b8-7+. The summed E-state index contributed by atoms with van der Waals surface area (Å²) in [5, 5.41) is 23.4. The maximum absolute atomic E-state index is 12.0. The highest BCUT2D eigenvalue weighted by Crippen LogP contribution is 2.34. The highest BCUT2D eigenvalue weighted by Gasteiger charge is 2.37. The van der Waals surface area contributed by atoms with E-state index < -0.39 is 10.3 Å². The van der Waals surface area contributed by atoms with E-state index >= 15 is 0 Å². The van der Waals surface area contributed by atoms with Gasteiger partial charge in [0, 0.05) is 36.9 Å². The maximum Gasteiger partial charge on any atom is 0.269 e. The molecule has 1 aromatic carbocycles. The lowest BCUT2D eigenvalue weighted by Gasteiger charge is -2.28. The summed E-state index contributed by atoms with van der Waals surface area (Å²) in [6.07, 6.45) is 3.01. The number of Topliss-reactive ketones (excluding diaryl/α,β-unsaturated/α-hetero) is 2. The van der Waals surface area contributed by atoms with E-state index in [-0.39, 0.29) is 41.4 Å². The summed E-state index contributed by atoms with van der Waals surface area (Å²) < 4.78 is 0. The summed E-state index contributed by atoms with van der Waals surface area (Å²) >= 11 is 0. The van der Waals surface area contributed by atoms with Crippen LogP contribution in [0.2, 0.25) is 0 Å². The van der Waals surface area contributed by atoms with E-state index in [4.69, 9.17) is 0 Å². The number of nitrogens with one attached hydrogen (secondary N) is 1. The van der Waals surface area contributed by atoms with Gasteiger partial charge in [0.25, 0.3) is 5.69 Å². The zero-order chi connectivity index (χ0) is 17.9. The number of anilines is 1. The van der Waals surface area contributed by atoms with E-state index in [1.54, 1.807) is 0 Å². The van der Waals surface area contributed by atoms with E-state index in [2.05, 4.69) is 5.32 Å². The first kappa shape index (κ1) is 17.4. The molecule has 2 rings (SSSR count). The molecule has 7 nitrogen and oxygen atoms in total. The number of hydrogen-bond donors (Lipinski definition) is 2. The summed E-state index contributed by atoms with van der Waals surface area (Å²) in [4.78, 5) is 34.1. The molecule has 24 heavy (non-hydrogen) atoms. The van der Waals surface area contributed by atoms with Crippen LogP contribution in [0.25, 0.3) is 0 Å². The summed E-state index contributed by atoms with van der Waals surface area (Å²) in [5.41, 5.74) is -0.0257. The molecule has 1 saturated carbocycles. The van der Waals surface area contributed by atoms with Crippen LogP contribution in [0.15, 0.2) is 47.9 Å². The molecule has 126 valence electrons. The second kappa shape index (κ2) is 6.66. The fourth-order valence-electron chi connectivity index (χ4n) is 2.53. The van der Waals surface area contributed by atoms with Gasteiger partial charge in [0.2, 0.25) is 0 Å². The first-order valence-electron chi connectivity index (χ1n) is 7.37. The number of rotatable bonds is 4. The van der Waals surface area contributed by atoms with Crippen LogP contribution in [0, 0.1) is 15.5 Å². The molecule has 1 aromatic rings. The lowest BCUT2D eigenvalue weighted by Crippen LogP contribution is -2.32. The Morgan fingerprint density at radius 2 is 1.75 bits per heavy atom. The van der Waals surface area contributed by atoms with Crippen molar-refractivity contribution in [2.45, 2.75) is 26.7 Å². The number of hydrogen-bond acceptors (Lipinski definition) is 6. The number of allylic oxidation sites excluding steroid dienone is 2. The summed E-state index contributed by atoms with van der Waals surface area (Å²) in [5.74, 6) is -1.11. The second-order valence-corrected chi connectivity index (χ2v) is 6.41. The molecular formula is C17H18N2O5. The third kappa shape index (κ3) is 4.07. The molecule has 0 unspecified atom stereocenters. The third-order valence-electron chi connectivity index (χ3n) is 3.66. The first-order valence-corrected chi connectivity index (χ1v) is 7.37. The predicted molar refractivity (Wildman–Crippen MR) is 88.5 cm³/mol. The number of nitro benzene ring substituents is 1. The van der Waals surface area contributed by atoms with Gasteiger partial charge in [-0.25, -0.2) is 0 Å². The fraction of sp³-hybridized carbons (Fsp3) is 0.294. The predicted octanol–water partition coefficient (Wildman–Crippen LogP) is 3.29. The van der Waals surface area contributed by atoms with Gasteiger partial charge in [0.05, 0.1) is 4.92 Å². The molecular weight excluding hydrogens is 312 g/mol. The Balaban J connectivity index is 2.09. The highest BCUT2D eigenvalue weighted by atomic mass is 16.6. The average molecular weight is 330 g/mol. The lowest BCUT2D eigenvalue weighted by molar-refractivity contribution is -0.384. The minimum Gasteiger partial charge on any atom is -0.507 e. The van der Waals surface area contributed by atoms with Gasteiger partial charge in [-0.15, -0.1) is 0 Å². The summed E-state index contributed by atoms with van der Waals surface area (Å²) in [7, 11) is 0. The van der Waals surface area contributed by atoms with Crippen molar-refractivity contribution in [3.8, 4) is 0 Å². The Morgan fingerprint density at radius 3 is 2.25 bits per heavy atom. The molecule has 1 aliphatic carbocycles. The number of aliphatic hydroxyl groups excluding tert-OH is 1. The fourth-order valence-corrected chi connectivity index (χ4v) is 2.53. The summed E-state index contributed by atoms with van der Waals surface area (Å²) in [6.45, 7) is 3.67. The van der Waals surface area contributed by atoms with Gasteiger partial charge in [-0.05, 0) is 23.6 Å². The van der Waals surface area contributed by atoms with Crippen LogP contribution in [-0.4, -0.2) is 21.6 Å². The number of aliphatic hydroxyl groups is 1. The van der Waals surface area contributed by atoms with Gasteiger partial charge in [-0.1, -0.05) is 13.8 Å². The van der Waals surface area contributed by atoms with Gasteiger partial charge < -0.3 is 10.4 Å². The molecule has 7 heteroatoms. The number of carbonyl (C=O) groups is 2. The van der Waals surface area contributed by atoms with E-state index in [9.17, 15) is 24.8 Å². The van der Waals surface area contributed by atoms with Crippen molar-refractivity contribution in [2.75, 3.05) is 5.32 Å². The van der Waals surface area contributed by atoms with Crippen LogP contribution >= 0.6 is 0 Å². The number of nitro groups is 1. The van der Waals surface area contributed by atoms with Gasteiger partial charge in [0.15, 0.2) is 11.6 Å². The third-order valence-corrected chi connectivity index (χ3v) is 3.66. The number of carbonyl (C=O) groups excluding carboxylic acids is 2. The number of nitrogens with zero attached hydrogens (tertiary/aromatic N) is 1. The number of ketones is 2. The SMILES string of the molecule is CC1(C)CC(=O)C(=C(O)/C=C/Nc2ccc([N+](=O)[O-])cc2)C(=O)C1. The molecule has 2 N–H and O–H groups in total. The van der Waals surface area contributed by atoms with E-state index in [1.807, 2.05) is 13.8 Å². The van der Waals surface area contributed by atoms with E-state index in [0.717, 1.165) is 0 Å². The number of non-ortho nitro benzene ring substituents is 1. The van der Waals surface area contributed by atoms with Crippen LogP contribution in [0.1, 0.15) is 26.7 Å². The molecule has 0 spiro atoms. The van der Waals surface area contributed by atoms with Crippen molar-refractivity contribution in [1.29, 1.82) is 0 Å². The van der Waals surface area contributed by atoms with E-state index in [1.165, 1.54) is 36.5 Å². The van der Waals surface area contributed by atoms with Crippen LogP contribution in [0.5, 0.6) is 0 Å². The van der Waals surface area contributed by atoms with Crippen molar-refractivity contribution < 1.29 is 19.6 Å². The minimum absolute atomic E-state index is 0.0319. The second-order valence-electron chi connectivity index (χ2n) is 6.41. The van der Waals surface area contributed by atoms with Crippen LogP contribution < -0.4 is 5.32 Å². The molecule has 0 aromatic heterocycles. The molecule has 0 heterocycles. The molecule has 1 aliphatic rings. The van der Waals surface area contributed by atoms with Crippen LogP contribution in [0.3, 0.4) is 0 Å². The topological polar surface area (TPSA) is 110 Å². The van der Waals surface area contributed by atoms with Gasteiger partial charge >= 0.3 is 0 Å². The van der Waals surface area contributed by atoms with Crippen molar-refractivity contribution in [3.63, 3.8) is 0 Å². The van der Waals surface area contributed by atoms with Crippen molar-refractivity contribution in [2.24, 2.45) is 5.41 Å². The Kier molecular flexibility index (Phi) is 4.82. The normalized spacial score (nSPS) is 17.2. The van der Waals surface area contributed by atoms with Crippen molar-refractivity contribution in [3.05, 3.63) is 58.0 Å². The minimum atomic E-state index is -0.502. The Morgan fingerprint density at radius 1 is 1.21 bits per heavy atom. The molecule has 0 aliphatic heterocycles. The van der Waals surface area contributed by atoms with E-state index in [0.29, 0.717) is 5.69 Å². The zero-order valence-electron chi connectivity index (χ0n) is 13.4.